The normalized spacial score (nSPS) is 26.7. The quantitative estimate of drug-likeness (QED) is 0.793. The highest BCUT2D eigenvalue weighted by molar-refractivity contribution is 6.35. The maximum absolute atomic E-state index is 9.97. The molecule has 0 heterocycles. The number of rotatable bonds is 4. The molecule has 20 heavy (non-hydrogen) atoms. The number of phenolic OH excluding ortho intramolecular Hbond substituents is 1. The lowest BCUT2D eigenvalue weighted by Gasteiger charge is -2.39. The molecule has 1 fully saturated rings. The molecule has 1 aromatic rings. The zero-order valence-corrected chi connectivity index (χ0v) is 13.1. The number of aromatic hydroxyl groups is 1. The number of benzene rings is 1. The molecule has 1 saturated carbocycles. The van der Waals surface area contributed by atoms with Crippen LogP contribution in [0.4, 0.5) is 0 Å². The van der Waals surface area contributed by atoms with Crippen molar-refractivity contribution in [3.05, 3.63) is 27.7 Å². The Morgan fingerprint density at radius 2 is 2.15 bits per heavy atom. The van der Waals surface area contributed by atoms with E-state index in [0.717, 1.165) is 19.3 Å². The summed E-state index contributed by atoms with van der Waals surface area (Å²) in [5.74, 6) is 0.653. The van der Waals surface area contributed by atoms with Crippen LogP contribution >= 0.6 is 23.2 Å². The second kappa shape index (κ2) is 6.52. The van der Waals surface area contributed by atoms with Gasteiger partial charge in [-0.1, -0.05) is 43.0 Å². The number of aliphatic hydroxyl groups excluding tert-OH is 1. The lowest BCUT2D eigenvalue weighted by molar-refractivity contribution is 0.0980. The molecule has 0 saturated heterocycles. The number of aliphatic hydroxyl groups is 1. The Morgan fingerprint density at radius 3 is 2.80 bits per heavy atom. The van der Waals surface area contributed by atoms with Gasteiger partial charge in [-0.05, 0) is 30.9 Å². The van der Waals surface area contributed by atoms with Gasteiger partial charge in [0.2, 0.25) is 0 Å². The first-order valence-corrected chi connectivity index (χ1v) is 7.74. The molecule has 0 aromatic heterocycles. The number of halogens is 2. The average molecular weight is 318 g/mol. The average Bonchev–Trinajstić information content (AvgIpc) is 2.41. The highest BCUT2D eigenvalue weighted by Gasteiger charge is 2.34. The first-order valence-electron chi connectivity index (χ1n) is 6.98. The van der Waals surface area contributed by atoms with Crippen LogP contribution in [0.1, 0.15) is 38.2 Å². The first kappa shape index (κ1) is 15.9. The molecule has 5 heteroatoms. The van der Waals surface area contributed by atoms with Gasteiger partial charge < -0.3 is 15.5 Å². The van der Waals surface area contributed by atoms with E-state index in [9.17, 15) is 10.2 Å². The van der Waals surface area contributed by atoms with E-state index in [2.05, 4.69) is 12.2 Å². The summed E-state index contributed by atoms with van der Waals surface area (Å²) in [5.41, 5.74) is 0.396. The van der Waals surface area contributed by atoms with Crippen molar-refractivity contribution >= 4 is 23.2 Å². The lowest BCUT2D eigenvalue weighted by Crippen LogP contribution is -2.51. The van der Waals surface area contributed by atoms with Gasteiger partial charge in [0.15, 0.2) is 0 Å². The fourth-order valence-electron chi connectivity index (χ4n) is 3.06. The molecule has 2 rings (SSSR count). The second-order valence-corrected chi connectivity index (χ2v) is 6.73. The van der Waals surface area contributed by atoms with Gasteiger partial charge in [0, 0.05) is 22.7 Å². The summed E-state index contributed by atoms with van der Waals surface area (Å²) < 4.78 is 0. The largest absolute Gasteiger partial charge is 0.506 e. The van der Waals surface area contributed by atoms with E-state index in [1.165, 1.54) is 12.5 Å². The molecule has 0 spiro atoms. The molecule has 2 atom stereocenters. The summed E-state index contributed by atoms with van der Waals surface area (Å²) in [5, 5.41) is 23.9. The highest BCUT2D eigenvalue weighted by Crippen LogP contribution is 2.34. The molecule has 1 aliphatic carbocycles. The van der Waals surface area contributed by atoms with Crippen LogP contribution in [0, 0.1) is 5.92 Å². The molecule has 0 bridgehead atoms. The van der Waals surface area contributed by atoms with E-state index < -0.39 is 0 Å². The van der Waals surface area contributed by atoms with Crippen LogP contribution in [-0.2, 0) is 6.54 Å². The van der Waals surface area contributed by atoms with E-state index in [0.29, 0.717) is 23.0 Å². The van der Waals surface area contributed by atoms with Crippen molar-refractivity contribution in [3.8, 4) is 5.75 Å². The Hall–Kier alpha value is -0.480. The SMILES string of the molecule is CC1CCCC(CO)(NCc2cc(Cl)cc(Cl)c2O)C1. The van der Waals surface area contributed by atoms with Crippen LogP contribution in [0.15, 0.2) is 12.1 Å². The summed E-state index contributed by atoms with van der Waals surface area (Å²) in [4.78, 5) is 0. The van der Waals surface area contributed by atoms with Crippen molar-refractivity contribution in [3.63, 3.8) is 0 Å². The van der Waals surface area contributed by atoms with Crippen LogP contribution in [-0.4, -0.2) is 22.4 Å². The smallest absolute Gasteiger partial charge is 0.138 e. The van der Waals surface area contributed by atoms with Crippen molar-refractivity contribution in [2.45, 2.75) is 44.7 Å². The fraction of sp³-hybridized carbons (Fsp3) is 0.600. The zero-order chi connectivity index (χ0) is 14.8. The molecular formula is C15H21Cl2NO2. The van der Waals surface area contributed by atoms with Gasteiger partial charge in [-0.25, -0.2) is 0 Å². The molecule has 0 aliphatic heterocycles. The van der Waals surface area contributed by atoms with E-state index in [-0.39, 0.29) is 22.9 Å². The molecule has 2 unspecified atom stereocenters. The van der Waals surface area contributed by atoms with E-state index >= 15 is 0 Å². The van der Waals surface area contributed by atoms with Crippen molar-refractivity contribution in [1.29, 1.82) is 0 Å². The zero-order valence-electron chi connectivity index (χ0n) is 11.6. The standard InChI is InChI=1S/C15H21Cl2NO2/c1-10-3-2-4-15(7-10,9-19)18-8-11-5-12(16)6-13(17)14(11)20/h5-6,10,18-20H,2-4,7-9H2,1H3. The van der Waals surface area contributed by atoms with E-state index in [1.807, 2.05) is 0 Å². The van der Waals surface area contributed by atoms with Crippen LogP contribution in [0.25, 0.3) is 0 Å². The fourth-order valence-corrected chi connectivity index (χ4v) is 3.59. The minimum atomic E-state index is -0.265. The minimum Gasteiger partial charge on any atom is -0.506 e. The number of hydrogen-bond donors (Lipinski definition) is 3. The van der Waals surface area contributed by atoms with E-state index in [4.69, 9.17) is 23.2 Å². The third-order valence-corrected chi connectivity index (χ3v) is 4.66. The Labute approximate surface area is 129 Å². The van der Waals surface area contributed by atoms with Gasteiger partial charge in [-0.3, -0.25) is 0 Å². The maximum Gasteiger partial charge on any atom is 0.138 e. The molecular weight excluding hydrogens is 297 g/mol. The van der Waals surface area contributed by atoms with Crippen LogP contribution in [0.5, 0.6) is 5.75 Å². The molecule has 0 radical (unpaired) electrons. The molecule has 3 N–H and O–H groups in total. The Bertz CT molecular complexity index is 481. The topological polar surface area (TPSA) is 52.5 Å². The Balaban J connectivity index is 2.10. The Morgan fingerprint density at radius 1 is 1.40 bits per heavy atom. The van der Waals surface area contributed by atoms with Gasteiger partial charge in [-0.2, -0.15) is 0 Å². The highest BCUT2D eigenvalue weighted by atomic mass is 35.5. The number of phenols is 1. The molecule has 3 nitrogen and oxygen atoms in total. The van der Waals surface area contributed by atoms with Gasteiger partial charge in [-0.15, -0.1) is 0 Å². The lowest BCUT2D eigenvalue weighted by atomic mass is 9.77. The molecule has 0 amide bonds. The monoisotopic (exact) mass is 317 g/mol. The van der Waals surface area contributed by atoms with Crippen molar-refractivity contribution in [2.75, 3.05) is 6.61 Å². The first-order chi connectivity index (χ1) is 9.46. The predicted molar refractivity (Wildman–Crippen MR) is 82.4 cm³/mol. The third kappa shape index (κ3) is 3.59. The van der Waals surface area contributed by atoms with Gasteiger partial charge >= 0.3 is 0 Å². The summed E-state index contributed by atoms with van der Waals surface area (Å²) >= 11 is 11.9. The molecule has 112 valence electrons. The summed E-state index contributed by atoms with van der Waals surface area (Å²) in [6.07, 6.45) is 4.20. The van der Waals surface area contributed by atoms with Crippen molar-refractivity contribution in [2.24, 2.45) is 5.92 Å². The van der Waals surface area contributed by atoms with E-state index in [1.54, 1.807) is 6.07 Å². The van der Waals surface area contributed by atoms with Gasteiger partial charge in [0.25, 0.3) is 0 Å². The minimum absolute atomic E-state index is 0.0560. The molecule has 1 aromatic carbocycles. The number of nitrogens with one attached hydrogen (secondary N) is 1. The summed E-state index contributed by atoms with van der Waals surface area (Å²) in [6.45, 7) is 2.75. The third-order valence-electron chi connectivity index (χ3n) is 4.16. The summed E-state index contributed by atoms with van der Waals surface area (Å²) in [6, 6.07) is 3.22. The van der Waals surface area contributed by atoms with Crippen LogP contribution in [0.2, 0.25) is 10.0 Å². The van der Waals surface area contributed by atoms with Crippen molar-refractivity contribution < 1.29 is 10.2 Å². The van der Waals surface area contributed by atoms with Crippen LogP contribution < -0.4 is 5.32 Å². The predicted octanol–water partition coefficient (Wildman–Crippen LogP) is 3.73. The van der Waals surface area contributed by atoms with Crippen LogP contribution in [0.3, 0.4) is 0 Å². The number of hydrogen-bond acceptors (Lipinski definition) is 3. The second-order valence-electron chi connectivity index (χ2n) is 5.89. The summed E-state index contributed by atoms with van der Waals surface area (Å²) in [7, 11) is 0. The van der Waals surface area contributed by atoms with Gasteiger partial charge in [0.1, 0.15) is 5.75 Å². The molecule has 1 aliphatic rings. The maximum atomic E-state index is 9.97. The van der Waals surface area contributed by atoms with Crippen molar-refractivity contribution in [1.82, 2.24) is 5.32 Å². The Kier molecular flexibility index (Phi) is 5.19. The van der Waals surface area contributed by atoms with Gasteiger partial charge in [0.05, 0.1) is 11.6 Å².